The summed E-state index contributed by atoms with van der Waals surface area (Å²) in [4.78, 5) is 0. The van der Waals surface area contributed by atoms with Crippen LogP contribution in [0.15, 0.2) is 46.9 Å². The molecule has 2 aromatic rings. The van der Waals surface area contributed by atoms with Gasteiger partial charge in [0, 0.05) is 12.1 Å². The second-order valence-corrected chi connectivity index (χ2v) is 5.01. The molecule has 0 bridgehead atoms. The average Bonchev–Trinajstić information content (AvgIpc) is 2.46. The van der Waals surface area contributed by atoms with Crippen molar-refractivity contribution in [2.45, 2.75) is 6.10 Å². The molecule has 20 heavy (non-hydrogen) atoms. The second-order valence-electron chi connectivity index (χ2n) is 4.16. The van der Waals surface area contributed by atoms with Gasteiger partial charge in [-0.25, -0.2) is 4.39 Å². The minimum absolute atomic E-state index is 0.282. The molecule has 0 aliphatic rings. The van der Waals surface area contributed by atoms with Crippen LogP contribution in [0.5, 0.6) is 11.5 Å². The summed E-state index contributed by atoms with van der Waals surface area (Å²) in [6.45, 7) is 0.282. The van der Waals surface area contributed by atoms with Crippen LogP contribution < -0.4 is 15.2 Å². The normalized spacial score (nSPS) is 12.0. The van der Waals surface area contributed by atoms with Crippen LogP contribution in [0, 0.1) is 5.82 Å². The van der Waals surface area contributed by atoms with Crippen molar-refractivity contribution >= 4 is 15.9 Å². The Morgan fingerprint density at radius 3 is 2.60 bits per heavy atom. The van der Waals surface area contributed by atoms with E-state index in [0.717, 1.165) is 5.56 Å². The first-order valence-corrected chi connectivity index (χ1v) is 6.89. The molecule has 0 amide bonds. The highest BCUT2D eigenvalue weighted by molar-refractivity contribution is 9.10. The maximum atomic E-state index is 13.1. The Kier molecular flexibility index (Phi) is 4.98. The van der Waals surface area contributed by atoms with Crippen molar-refractivity contribution < 1.29 is 13.9 Å². The van der Waals surface area contributed by atoms with Gasteiger partial charge in [0.05, 0.1) is 11.6 Å². The molecule has 0 spiro atoms. The molecule has 0 heterocycles. The van der Waals surface area contributed by atoms with Gasteiger partial charge in [-0.05, 0) is 40.2 Å². The number of hydrogen-bond donors (Lipinski definition) is 1. The Labute approximate surface area is 125 Å². The van der Waals surface area contributed by atoms with Crippen LogP contribution in [-0.4, -0.2) is 13.7 Å². The summed E-state index contributed by atoms with van der Waals surface area (Å²) in [5.74, 6) is 0.916. The fourth-order valence-corrected chi connectivity index (χ4v) is 2.34. The van der Waals surface area contributed by atoms with Crippen molar-refractivity contribution in [3.05, 3.63) is 58.3 Å². The van der Waals surface area contributed by atoms with Crippen molar-refractivity contribution in [3.63, 3.8) is 0 Å². The third-order valence-electron chi connectivity index (χ3n) is 2.86. The molecule has 0 saturated carbocycles. The molecule has 0 aliphatic heterocycles. The lowest BCUT2D eigenvalue weighted by Gasteiger charge is -2.20. The van der Waals surface area contributed by atoms with E-state index in [4.69, 9.17) is 15.2 Å². The van der Waals surface area contributed by atoms with Gasteiger partial charge in [0.25, 0.3) is 0 Å². The van der Waals surface area contributed by atoms with Crippen molar-refractivity contribution in [2.75, 3.05) is 13.7 Å². The summed E-state index contributed by atoms with van der Waals surface area (Å²) in [5, 5.41) is 0. The maximum absolute atomic E-state index is 13.1. The Morgan fingerprint density at radius 1 is 1.20 bits per heavy atom. The van der Waals surface area contributed by atoms with Gasteiger partial charge < -0.3 is 15.2 Å². The Bertz CT molecular complexity index is 592. The van der Waals surface area contributed by atoms with E-state index in [1.165, 1.54) is 12.1 Å². The summed E-state index contributed by atoms with van der Waals surface area (Å²) >= 11 is 3.28. The van der Waals surface area contributed by atoms with E-state index in [1.54, 1.807) is 13.2 Å². The number of benzene rings is 2. The first-order chi connectivity index (χ1) is 9.65. The van der Waals surface area contributed by atoms with Crippen LogP contribution in [0.4, 0.5) is 4.39 Å². The van der Waals surface area contributed by atoms with Crippen molar-refractivity contribution in [3.8, 4) is 11.5 Å². The molecule has 1 atom stereocenters. The number of para-hydroxylation sites is 1. The molecule has 3 nitrogen and oxygen atoms in total. The van der Waals surface area contributed by atoms with E-state index in [9.17, 15) is 4.39 Å². The molecule has 0 aromatic heterocycles. The molecule has 0 saturated heterocycles. The highest BCUT2D eigenvalue weighted by atomic mass is 79.9. The molecule has 0 radical (unpaired) electrons. The molecule has 1 unspecified atom stereocenters. The third-order valence-corrected chi connectivity index (χ3v) is 3.48. The standard InChI is InChI=1S/C15H15BrFNO2/c1-19-13-5-3-2-4-11(13)15(9-18)20-14-7-6-10(17)8-12(14)16/h2-8,15H,9,18H2,1H3. The molecule has 2 rings (SSSR count). The summed E-state index contributed by atoms with van der Waals surface area (Å²) in [7, 11) is 1.60. The van der Waals surface area contributed by atoms with Crippen LogP contribution in [0.3, 0.4) is 0 Å². The molecular weight excluding hydrogens is 325 g/mol. The molecule has 106 valence electrons. The summed E-state index contributed by atoms with van der Waals surface area (Å²) in [5.41, 5.74) is 6.64. The number of nitrogens with two attached hydrogens (primary N) is 1. The van der Waals surface area contributed by atoms with Gasteiger partial charge in [0.15, 0.2) is 0 Å². The number of rotatable bonds is 5. The highest BCUT2D eigenvalue weighted by Crippen LogP contribution is 2.32. The lowest BCUT2D eigenvalue weighted by Crippen LogP contribution is -2.19. The van der Waals surface area contributed by atoms with Gasteiger partial charge in [-0.2, -0.15) is 0 Å². The third kappa shape index (κ3) is 3.29. The molecule has 0 aliphatic carbocycles. The SMILES string of the molecule is COc1ccccc1C(CN)Oc1ccc(F)cc1Br. The first-order valence-electron chi connectivity index (χ1n) is 6.10. The molecule has 2 N–H and O–H groups in total. The number of hydrogen-bond acceptors (Lipinski definition) is 3. The van der Waals surface area contributed by atoms with Gasteiger partial charge >= 0.3 is 0 Å². The fourth-order valence-electron chi connectivity index (χ4n) is 1.90. The van der Waals surface area contributed by atoms with Crippen LogP contribution in [-0.2, 0) is 0 Å². The Hall–Kier alpha value is -1.59. The lowest BCUT2D eigenvalue weighted by molar-refractivity contribution is 0.207. The Balaban J connectivity index is 2.29. The highest BCUT2D eigenvalue weighted by Gasteiger charge is 2.17. The molecule has 2 aromatic carbocycles. The van der Waals surface area contributed by atoms with Gasteiger partial charge in [0.1, 0.15) is 23.4 Å². The Morgan fingerprint density at radius 2 is 1.95 bits per heavy atom. The van der Waals surface area contributed by atoms with Crippen LogP contribution >= 0.6 is 15.9 Å². The molecule has 5 heteroatoms. The van der Waals surface area contributed by atoms with Crippen molar-refractivity contribution in [1.82, 2.24) is 0 Å². The minimum Gasteiger partial charge on any atom is -0.496 e. The zero-order valence-electron chi connectivity index (χ0n) is 11.0. The van der Waals surface area contributed by atoms with Crippen molar-refractivity contribution in [1.29, 1.82) is 0 Å². The van der Waals surface area contributed by atoms with Crippen LogP contribution in [0.2, 0.25) is 0 Å². The van der Waals surface area contributed by atoms with Gasteiger partial charge in [-0.1, -0.05) is 18.2 Å². The molecular formula is C15H15BrFNO2. The monoisotopic (exact) mass is 339 g/mol. The van der Waals surface area contributed by atoms with E-state index in [-0.39, 0.29) is 18.5 Å². The molecule has 0 fully saturated rings. The number of methoxy groups -OCH3 is 1. The van der Waals surface area contributed by atoms with Crippen LogP contribution in [0.1, 0.15) is 11.7 Å². The minimum atomic E-state index is -0.368. The van der Waals surface area contributed by atoms with Gasteiger partial charge in [0.2, 0.25) is 0 Å². The van der Waals surface area contributed by atoms with E-state index in [1.807, 2.05) is 24.3 Å². The van der Waals surface area contributed by atoms with Gasteiger partial charge in [-0.15, -0.1) is 0 Å². The summed E-state index contributed by atoms with van der Waals surface area (Å²) < 4.78 is 24.8. The largest absolute Gasteiger partial charge is 0.496 e. The predicted molar refractivity (Wildman–Crippen MR) is 79.5 cm³/mol. The van der Waals surface area contributed by atoms with E-state index in [2.05, 4.69) is 15.9 Å². The fraction of sp³-hybridized carbons (Fsp3) is 0.200. The van der Waals surface area contributed by atoms with E-state index < -0.39 is 0 Å². The number of ether oxygens (including phenoxy) is 2. The average molecular weight is 340 g/mol. The topological polar surface area (TPSA) is 44.5 Å². The smallest absolute Gasteiger partial charge is 0.139 e. The zero-order valence-corrected chi connectivity index (χ0v) is 12.6. The summed E-state index contributed by atoms with van der Waals surface area (Å²) in [6.07, 6.45) is -0.368. The van der Waals surface area contributed by atoms with E-state index in [0.29, 0.717) is 16.0 Å². The maximum Gasteiger partial charge on any atom is 0.139 e. The number of halogens is 2. The predicted octanol–water partition coefficient (Wildman–Crippen LogP) is 3.68. The lowest BCUT2D eigenvalue weighted by atomic mass is 10.1. The zero-order chi connectivity index (χ0) is 14.5. The van der Waals surface area contributed by atoms with Crippen molar-refractivity contribution in [2.24, 2.45) is 5.73 Å². The summed E-state index contributed by atoms with van der Waals surface area (Å²) in [6, 6.07) is 11.8. The van der Waals surface area contributed by atoms with Crippen LogP contribution in [0.25, 0.3) is 0 Å². The van der Waals surface area contributed by atoms with E-state index >= 15 is 0 Å². The second kappa shape index (κ2) is 6.72. The quantitative estimate of drug-likeness (QED) is 0.903. The van der Waals surface area contributed by atoms with Gasteiger partial charge in [-0.3, -0.25) is 0 Å². The first kappa shape index (κ1) is 14.8.